The van der Waals surface area contributed by atoms with E-state index in [1.807, 2.05) is 12.1 Å². The lowest BCUT2D eigenvalue weighted by atomic mass is 9.86. The van der Waals surface area contributed by atoms with Crippen molar-refractivity contribution in [2.75, 3.05) is 6.54 Å². The quantitative estimate of drug-likeness (QED) is 0.931. The molecule has 0 atom stereocenters. The molecule has 0 bridgehead atoms. The van der Waals surface area contributed by atoms with Crippen LogP contribution in [0.3, 0.4) is 0 Å². The highest BCUT2D eigenvalue weighted by atomic mass is 79.9. The number of nitrogens with zero attached hydrogens (tertiary/aromatic N) is 2. The van der Waals surface area contributed by atoms with Crippen LogP contribution in [-0.2, 0) is 11.8 Å². The normalized spacial score (nSPS) is 17.5. The molecule has 0 aliphatic heterocycles. The van der Waals surface area contributed by atoms with Crippen LogP contribution in [-0.4, -0.2) is 16.7 Å². The van der Waals surface area contributed by atoms with Crippen molar-refractivity contribution < 1.29 is 4.52 Å². The lowest BCUT2D eigenvalue weighted by Gasteiger charge is -2.21. The Bertz CT molecular complexity index is 573. The summed E-state index contributed by atoms with van der Waals surface area (Å²) in [5.74, 6) is 1.46. The second-order valence-electron chi connectivity index (χ2n) is 5.51. The summed E-state index contributed by atoms with van der Waals surface area (Å²) in [6.07, 6.45) is 5.20. The first kappa shape index (κ1) is 13.8. The summed E-state index contributed by atoms with van der Waals surface area (Å²) in [6.45, 7) is 0.590. The van der Waals surface area contributed by atoms with Crippen LogP contribution in [0.4, 0.5) is 0 Å². The van der Waals surface area contributed by atoms with Crippen LogP contribution in [0.2, 0.25) is 0 Å². The van der Waals surface area contributed by atoms with Crippen LogP contribution in [0.5, 0.6) is 0 Å². The van der Waals surface area contributed by atoms with E-state index in [0.29, 0.717) is 13.0 Å². The summed E-state index contributed by atoms with van der Waals surface area (Å²) < 4.78 is 6.56. The second kappa shape index (κ2) is 5.66. The summed E-state index contributed by atoms with van der Waals surface area (Å²) in [6, 6.07) is 8.17. The number of hydrogen-bond acceptors (Lipinski definition) is 4. The molecule has 1 saturated carbocycles. The minimum atomic E-state index is -0.0784. The molecule has 5 heteroatoms. The summed E-state index contributed by atoms with van der Waals surface area (Å²) in [5, 5.41) is 4.12. The SMILES string of the molecule is NCC1(c2nc(Cc3ccc(Br)cc3)no2)CCCC1. The average Bonchev–Trinajstić information content (AvgIpc) is 3.11. The van der Waals surface area contributed by atoms with E-state index >= 15 is 0 Å². The third kappa shape index (κ3) is 2.65. The summed E-state index contributed by atoms with van der Waals surface area (Å²) in [5.41, 5.74) is 7.04. The van der Waals surface area contributed by atoms with E-state index in [1.54, 1.807) is 0 Å². The van der Waals surface area contributed by atoms with Crippen molar-refractivity contribution >= 4 is 15.9 Å². The fraction of sp³-hybridized carbons (Fsp3) is 0.467. The first-order valence-electron chi connectivity index (χ1n) is 6.99. The molecule has 2 aromatic rings. The lowest BCUT2D eigenvalue weighted by Crippen LogP contribution is -2.32. The lowest BCUT2D eigenvalue weighted by molar-refractivity contribution is 0.283. The monoisotopic (exact) mass is 335 g/mol. The molecule has 0 radical (unpaired) electrons. The number of benzene rings is 1. The van der Waals surface area contributed by atoms with Crippen molar-refractivity contribution in [3.63, 3.8) is 0 Å². The summed E-state index contributed by atoms with van der Waals surface area (Å²) in [4.78, 5) is 4.58. The van der Waals surface area contributed by atoms with E-state index < -0.39 is 0 Å². The van der Waals surface area contributed by atoms with Gasteiger partial charge in [0.2, 0.25) is 5.89 Å². The van der Waals surface area contributed by atoms with Crippen LogP contribution >= 0.6 is 15.9 Å². The number of nitrogens with two attached hydrogens (primary N) is 1. The van der Waals surface area contributed by atoms with Crippen LogP contribution in [0.25, 0.3) is 0 Å². The molecule has 0 unspecified atom stereocenters. The van der Waals surface area contributed by atoms with Gasteiger partial charge in [-0.2, -0.15) is 4.98 Å². The Kier molecular flexibility index (Phi) is 3.89. The fourth-order valence-corrected chi connectivity index (χ4v) is 3.15. The highest BCUT2D eigenvalue weighted by Gasteiger charge is 2.39. The van der Waals surface area contributed by atoms with E-state index in [-0.39, 0.29) is 5.41 Å². The van der Waals surface area contributed by atoms with Gasteiger partial charge < -0.3 is 10.3 Å². The molecule has 1 aliphatic rings. The molecule has 20 heavy (non-hydrogen) atoms. The van der Waals surface area contributed by atoms with E-state index in [2.05, 4.69) is 38.2 Å². The average molecular weight is 336 g/mol. The van der Waals surface area contributed by atoms with Crippen LogP contribution < -0.4 is 5.73 Å². The summed E-state index contributed by atoms with van der Waals surface area (Å²) in [7, 11) is 0. The van der Waals surface area contributed by atoms with Gasteiger partial charge in [0, 0.05) is 17.4 Å². The number of rotatable bonds is 4. The molecule has 0 amide bonds. The zero-order valence-corrected chi connectivity index (χ0v) is 12.9. The second-order valence-corrected chi connectivity index (χ2v) is 6.43. The fourth-order valence-electron chi connectivity index (χ4n) is 2.88. The molecule has 3 rings (SSSR count). The van der Waals surface area contributed by atoms with Gasteiger partial charge in [0.25, 0.3) is 0 Å². The van der Waals surface area contributed by atoms with Gasteiger partial charge in [-0.05, 0) is 30.5 Å². The third-order valence-corrected chi connectivity index (χ3v) is 4.68. The Labute approximate surface area is 126 Å². The van der Waals surface area contributed by atoms with Gasteiger partial charge in [0.05, 0.1) is 5.41 Å². The molecule has 0 saturated heterocycles. The number of hydrogen-bond donors (Lipinski definition) is 1. The maximum absolute atomic E-state index is 5.95. The highest BCUT2D eigenvalue weighted by Crippen LogP contribution is 2.39. The third-order valence-electron chi connectivity index (χ3n) is 4.15. The Hall–Kier alpha value is -1.20. The predicted octanol–water partition coefficient (Wildman–Crippen LogP) is 3.19. The molecule has 0 spiro atoms. The molecule has 4 nitrogen and oxygen atoms in total. The minimum Gasteiger partial charge on any atom is -0.339 e. The first-order chi connectivity index (χ1) is 9.72. The van der Waals surface area contributed by atoms with Crippen LogP contribution in [0.1, 0.15) is 43.0 Å². The topological polar surface area (TPSA) is 64.9 Å². The Morgan fingerprint density at radius 2 is 1.90 bits per heavy atom. The molecule has 1 fully saturated rings. The van der Waals surface area contributed by atoms with Gasteiger partial charge in [-0.3, -0.25) is 0 Å². The van der Waals surface area contributed by atoms with Crippen molar-refractivity contribution in [2.24, 2.45) is 5.73 Å². The van der Waals surface area contributed by atoms with E-state index in [9.17, 15) is 0 Å². The molecule has 1 heterocycles. The molecule has 2 N–H and O–H groups in total. The van der Waals surface area contributed by atoms with Crippen LogP contribution in [0, 0.1) is 0 Å². The maximum atomic E-state index is 5.95. The molecule has 1 aliphatic carbocycles. The number of halogens is 1. The van der Waals surface area contributed by atoms with Crippen molar-refractivity contribution in [3.8, 4) is 0 Å². The predicted molar refractivity (Wildman–Crippen MR) is 80.4 cm³/mol. The van der Waals surface area contributed by atoms with Gasteiger partial charge in [-0.15, -0.1) is 0 Å². The van der Waals surface area contributed by atoms with Gasteiger partial charge in [-0.25, -0.2) is 0 Å². The smallest absolute Gasteiger partial charge is 0.234 e. The molecular weight excluding hydrogens is 318 g/mol. The Morgan fingerprint density at radius 1 is 1.20 bits per heavy atom. The van der Waals surface area contributed by atoms with Crippen molar-refractivity contribution in [1.82, 2.24) is 10.1 Å². The molecule has 1 aromatic heterocycles. The zero-order chi connectivity index (χ0) is 14.0. The van der Waals surface area contributed by atoms with E-state index in [0.717, 1.165) is 29.0 Å². The Balaban J connectivity index is 1.78. The van der Waals surface area contributed by atoms with Crippen molar-refractivity contribution in [1.29, 1.82) is 0 Å². The standard InChI is InChI=1S/C15H18BrN3O/c16-12-5-3-11(4-6-12)9-13-18-14(20-19-13)15(10-17)7-1-2-8-15/h3-6H,1-2,7-10,17H2. The van der Waals surface area contributed by atoms with Crippen LogP contribution in [0.15, 0.2) is 33.3 Å². The molecule has 106 valence electrons. The van der Waals surface area contributed by atoms with Gasteiger partial charge in [-0.1, -0.05) is 46.1 Å². The minimum absolute atomic E-state index is 0.0784. The largest absolute Gasteiger partial charge is 0.339 e. The van der Waals surface area contributed by atoms with Crippen molar-refractivity contribution in [2.45, 2.75) is 37.5 Å². The van der Waals surface area contributed by atoms with Gasteiger partial charge >= 0.3 is 0 Å². The van der Waals surface area contributed by atoms with Crippen molar-refractivity contribution in [3.05, 3.63) is 46.0 Å². The molecule has 1 aromatic carbocycles. The number of aromatic nitrogens is 2. The van der Waals surface area contributed by atoms with Gasteiger partial charge in [0.15, 0.2) is 5.82 Å². The van der Waals surface area contributed by atoms with E-state index in [1.165, 1.54) is 18.4 Å². The molecular formula is C15H18BrN3O. The Morgan fingerprint density at radius 3 is 2.55 bits per heavy atom. The van der Waals surface area contributed by atoms with Gasteiger partial charge in [0.1, 0.15) is 0 Å². The first-order valence-corrected chi connectivity index (χ1v) is 7.79. The summed E-state index contributed by atoms with van der Waals surface area (Å²) >= 11 is 3.43. The zero-order valence-electron chi connectivity index (χ0n) is 11.3. The van der Waals surface area contributed by atoms with E-state index in [4.69, 9.17) is 10.3 Å². The highest BCUT2D eigenvalue weighted by molar-refractivity contribution is 9.10. The maximum Gasteiger partial charge on any atom is 0.234 e.